The van der Waals surface area contributed by atoms with Gasteiger partial charge in [-0.3, -0.25) is 14.2 Å². The minimum atomic E-state index is -0.917. The van der Waals surface area contributed by atoms with Crippen molar-refractivity contribution >= 4 is 28.6 Å². The molecule has 1 N–H and O–H groups in total. The molecule has 9 heteroatoms. The number of hydrogen-bond acceptors (Lipinski definition) is 4. The van der Waals surface area contributed by atoms with Crippen LogP contribution in [0.15, 0.2) is 76.7 Å². The highest BCUT2D eigenvalue weighted by Crippen LogP contribution is 2.23. The highest BCUT2D eigenvalue weighted by Gasteiger charge is 2.17. The summed E-state index contributed by atoms with van der Waals surface area (Å²) >= 11 is 0.970. The van der Waals surface area contributed by atoms with Crippen molar-refractivity contribution in [3.63, 3.8) is 0 Å². The third kappa shape index (κ3) is 5.25. The molecule has 168 valence electrons. The second-order valence-electron chi connectivity index (χ2n) is 7.16. The van der Waals surface area contributed by atoms with Crippen LogP contribution in [-0.2, 0) is 11.2 Å². The number of halogens is 3. The maximum atomic E-state index is 14.5. The maximum Gasteiger partial charge on any atom is 0.266 e. The minimum absolute atomic E-state index is 0.0724. The fourth-order valence-electron chi connectivity index (χ4n) is 3.26. The van der Waals surface area contributed by atoms with E-state index in [1.165, 1.54) is 12.1 Å². The van der Waals surface area contributed by atoms with Gasteiger partial charge >= 0.3 is 0 Å². The number of fused-ring (bicyclic) bond motifs is 1. The van der Waals surface area contributed by atoms with Gasteiger partial charge in [-0.25, -0.2) is 18.2 Å². The summed E-state index contributed by atoms with van der Waals surface area (Å²) in [4.78, 5) is 29.9. The van der Waals surface area contributed by atoms with E-state index in [0.29, 0.717) is 24.5 Å². The number of nitrogens with one attached hydrogen (secondary N) is 1. The first-order valence-corrected chi connectivity index (χ1v) is 11.0. The van der Waals surface area contributed by atoms with Crippen molar-refractivity contribution in [2.45, 2.75) is 11.6 Å². The van der Waals surface area contributed by atoms with Crippen LogP contribution >= 0.6 is 11.8 Å². The van der Waals surface area contributed by atoms with Crippen molar-refractivity contribution in [1.82, 2.24) is 14.9 Å². The lowest BCUT2D eigenvalue weighted by Crippen LogP contribution is -2.28. The zero-order chi connectivity index (χ0) is 23.4. The number of nitrogens with zero attached hydrogens (tertiary/aromatic N) is 2. The van der Waals surface area contributed by atoms with Crippen LogP contribution in [0.5, 0.6) is 0 Å². The molecule has 0 spiro atoms. The highest BCUT2D eigenvalue weighted by molar-refractivity contribution is 7.99. The Morgan fingerprint density at radius 1 is 0.970 bits per heavy atom. The summed E-state index contributed by atoms with van der Waals surface area (Å²) in [6.07, 6.45) is 0.524. The van der Waals surface area contributed by atoms with Crippen molar-refractivity contribution in [3.05, 3.63) is 100 Å². The molecule has 0 fully saturated rings. The van der Waals surface area contributed by atoms with E-state index in [4.69, 9.17) is 0 Å². The number of thioether (sulfide) groups is 1. The third-order valence-corrected chi connectivity index (χ3v) is 5.82. The molecule has 0 saturated heterocycles. The molecule has 3 aromatic carbocycles. The summed E-state index contributed by atoms with van der Waals surface area (Å²) in [7, 11) is 0. The molecule has 0 radical (unpaired) electrons. The average molecular weight is 469 g/mol. The molecule has 0 saturated carbocycles. The van der Waals surface area contributed by atoms with Gasteiger partial charge in [-0.05, 0) is 48.4 Å². The average Bonchev–Trinajstić information content (AvgIpc) is 2.80. The Hall–Kier alpha value is -3.59. The van der Waals surface area contributed by atoms with E-state index >= 15 is 0 Å². The summed E-state index contributed by atoms with van der Waals surface area (Å²) in [6, 6.07) is 15.5. The molecule has 0 bridgehead atoms. The van der Waals surface area contributed by atoms with Gasteiger partial charge < -0.3 is 5.32 Å². The summed E-state index contributed by atoms with van der Waals surface area (Å²) in [5, 5.41) is 3.14. The number of aromatic nitrogens is 2. The molecule has 1 heterocycles. The van der Waals surface area contributed by atoms with E-state index in [9.17, 15) is 22.8 Å². The Kier molecular flexibility index (Phi) is 6.79. The molecular formula is C24H18F3N3O2S. The Labute approximate surface area is 191 Å². The van der Waals surface area contributed by atoms with Gasteiger partial charge in [0, 0.05) is 12.6 Å². The van der Waals surface area contributed by atoms with Crippen LogP contribution in [0.4, 0.5) is 13.2 Å². The largest absolute Gasteiger partial charge is 0.355 e. The summed E-state index contributed by atoms with van der Waals surface area (Å²) in [5.41, 5.74) is 0.603. The van der Waals surface area contributed by atoms with Gasteiger partial charge in [0.15, 0.2) is 5.16 Å². The van der Waals surface area contributed by atoms with E-state index < -0.39 is 17.2 Å². The van der Waals surface area contributed by atoms with Crippen molar-refractivity contribution in [2.75, 3.05) is 12.3 Å². The lowest BCUT2D eigenvalue weighted by molar-refractivity contribution is -0.118. The van der Waals surface area contributed by atoms with Crippen LogP contribution < -0.4 is 10.9 Å². The summed E-state index contributed by atoms with van der Waals surface area (Å²) in [5.74, 6) is -2.40. The smallest absolute Gasteiger partial charge is 0.266 e. The Morgan fingerprint density at radius 2 is 1.70 bits per heavy atom. The number of rotatable bonds is 7. The molecule has 0 atom stereocenters. The van der Waals surface area contributed by atoms with Crippen LogP contribution in [0.2, 0.25) is 0 Å². The number of carbonyl (C=O) groups excluding carboxylic acids is 1. The molecule has 4 aromatic rings. The number of benzene rings is 3. The third-order valence-electron chi connectivity index (χ3n) is 4.88. The lowest BCUT2D eigenvalue weighted by atomic mass is 10.1. The van der Waals surface area contributed by atoms with E-state index in [1.54, 1.807) is 36.4 Å². The number of hydrogen-bond donors (Lipinski definition) is 1. The maximum absolute atomic E-state index is 14.5. The summed E-state index contributed by atoms with van der Waals surface area (Å²) < 4.78 is 41.9. The van der Waals surface area contributed by atoms with Gasteiger partial charge in [-0.1, -0.05) is 36.0 Å². The molecular weight excluding hydrogens is 451 g/mol. The van der Waals surface area contributed by atoms with Gasteiger partial charge in [-0.2, -0.15) is 0 Å². The van der Waals surface area contributed by atoms with Crippen molar-refractivity contribution in [3.8, 4) is 5.69 Å². The minimum Gasteiger partial charge on any atom is -0.355 e. The number of carbonyl (C=O) groups is 1. The van der Waals surface area contributed by atoms with Gasteiger partial charge in [0.05, 0.1) is 22.3 Å². The molecule has 4 rings (SSSR count). The number of amides is 1. The quantitative estimate of drug-likeness (QED) is 0.325. The zero-order valence-electron chi connectivity index (χ0n) is 17.2. The second-order valence-corrected chi connectivity index (χ2v) is 8.11. The van der Waals surface area contributed by atoms with Crippen molar-refractivity contribution in [2.24, 2.45) is 0 Å². The van der Waals surface area contributed by atoms with Gasteiger partial charge in [0.2, 0.25) is 5.91 Å². The predicted octanol–water partition coefficient (Wildman–Crippen LogP) is 4.25. The monoisotopic (exact) mass is 469 g/mol. The first-order chi connectivity index (χ1) is 15.9. The van der Waals surface area contributed by atoms with E-state index in [-0.39, 0.29) is 33.7 Å². The van der Waals surface area contributed by atoms with Crippen LogP contribution in [-0.4, -0.2) is 27.8 Å². The Balaban J connectivity index is 1.54. The van der Waals surface area contributed by atoms with Crippen molar-refractivity contribution in [1.29, 1.82) is 0 Å². The molecule has 0 aliphatic rings. The number of para-hydroxylation sites is 1. The first kappa shape index (κ1) is 22.6. The van der Waals surface area contributed by atoms with Crippen molar-refractivity contribution < 1.29 is 18.0 Å². The van der Waals surface area contributed by atoms with Crippen LogP contribution in [0, 0.1) is 17.5 Å². The van der Waals surface area contributed by atoms with Crippen LogP contribution in [0.1, 0.15) is 5.56 Å². The van der Waals surface area contributed by atoms with E-state index in [2.05, 4.69) is 10.3 Å². The fraction of sp³-hybridized carbons (Fsp3) is 0.125. The van der Waals surface area contributed by atoms with Gasteiger partial charge in [0.1, 0.15) is 17.5 Å². The second kappa shape index (κ2) is 9.91. The normalized spacial score (nSPS) is 11.0. The van der Waals surface area contributed by atoms with Crippen LogP contribution in [0.3, 0.4) is 0 Å². The molecule has 0 unspecified atom stereocenters. The first-order valence-electron chi connectivity index (χ1n) is 10.0. The molecule has 0 aliphatic carbocycles. The Morgan fingerprint density at radius 3 is 2.45 bits per heavy atom. The predicted molar refractivity (Wildman–Crippen MR) is 121 cm³/mol. The Bertz CT molecular complexity index is 1370. The van der Waals surface area contributed by atoms with E-state index in [1.807, 2.05) is 0 Å². The summed E-state index contributed by atoms with van der Waals surface area (Å²) in [6.45, 7) is 0.343. The molecule has 5 nitrogen and oxygen atoms in total. The van der Waals surface area contributed by atoms with Gasteiger partial charge in [0.25, 0.3) is 5.56 Å². The molecule has 0 aliphatic heterocycles. The fourth-order valence-corrected chi connectivity index (χ4v) is 4.10. The molecule has 1 aromatic heterocycles. The molecule has 1 amide bonds. The molecule has 33 heavy (non-hydrogen) atoms. The topological polar surface area (TPSA) is 64.0 Å². The standard InChI is InChI=1S/C24H18F3N3O2S/c25-16-7-5-15(6-8-16)11-12-28-22(31)14-33-24-29-20-4-2-1-3-18(20)23(32)30(24)21-10-9-17(26)13-19(21)27/h1-10,13H,11-12,14H2,(H,28,31). The lowest BCUT2D eigenvalue weighted by Gasteiger charge is -2.14. The van der Waals surface area contributed by atoms with Gasteiger partial charge in [-0.15, -0.1) is 0 Å². The highest BCUT2D eigenvalue weighted by atomic mass is 32.2. The van der Waals surface area contributed by atoms with E-state index in [0.717, 1.165) is 34.0 Å². The zero-order valence-corrected chi connectivity index (χ0v) is 18.0. The van der Waals surface area contributed by atoms with Crippen LogP contribution in [0.25, 0.3) is 16.6 Å². The SMILES string of the molecule is O=C(CSc1nc2ccccc2c(=O)n1-c1ccc(F)cc1F)NCCc1ccc(F)cc1.